The van der Waals surface area contributed by atoms with E-state index in [2.05, 4.69) is 32.7 Å². The summed E-state index contributed by atoms with van der Waals surface area (Å²) in [6.45, 7) is 8.75. The molecule has 1 unspecified atom stereocenters. The van der Waals surface area contributed by atoms with E-state index in [0.29, 0.717) is 6.10 Å². The first-order chi connectivity index (χ1) is 5.50. The Morgan fingerprint density at radius 2 is 2.08 bits per heavy atom. The lowest BCUT2D eigenvalue weighted by atomic mass is 10.1. The summed E-state index contributed by atoms with van der Waals surface area (Å²) in [6, 6.07) is 0. The molecule has 12 heavy (non-hydrogen) atoms. The molecule has 0 aromatic carbocycles. The van der Waals surface area contributed by atoms with Crippen LogP contribution in [0.2, 0.25) is 0 Å². The summed E-state index contributed by atoms with van der Waals surface area (Å²) in [7, 11) is 2.17. The van der Waals surface area contributed by atoms with E-state index < -0.39 is 0 Å². The predicted octanol–water partition coefficient (Wildman–Crippen LogP) is 1.90. The van der Waals surface area contributed by atoms with Crippen LogP contribution in [0.5, 0.6) is 0 Å². The molecule has 0 amide bonds. The van der Waals surface area contributed by atoms with E-state index in [0.717, 1.165) is 13.2 Å². The summed E-state index contributed by atoms with van der Waals surface area (Å²) in [4.78, 5) is 2.36. The molecule has 1 heterocycles. The molecular formula is C10H21NO. The van der Waals surface area contributed by atoms with Crippen LogP contribution in [0.4, 0.5) is 0 Å². The van der Waals surface area contributed by atoms with Gasteiger partial charge >= 0.3 is 0 Å². The van der Waals surface area contributed by atoms with E-state index >= 15 is 0 Å². The zero-order valence-corrected chi connectivity index (χ0v) is 8.76. The highest BCUT2D eigenvalue weighted by Crippen LogP contribution is 2.17. The lowest BCUT2D eigenvalue weighted by Crippen LogP contribution is -2.42. The van der Waals surface area contributed by atoms with Crippen molar-refractivity contribution < 1.29 is 4.74 Å². The molecule has 1 fully saturated rings. The molecule has 0 spiro atoms. The third-order valence-corrected chi connectivity index (χ3v) is 2.65. The number of hydrogen-bond donors (Lipinski definition) is 0. The van der Waals surface area contributed by atoms with Crippen molar-refractivity contribution in [2.75, 3.05) is 20.2 Å². The molecule has 0 saturated carbocycles. The maximum atomic E-state index is 5.58. The van der Waals surface area contributed by atoms with Crippen LogP contribution < -0.4 is 0 Å². The molecule has 0 N–H and O–H groups in total. The second-order valence-electron chi connectivity index (χ2n) is 4.69. The van der Waals surface area contributed by atoms with Gasteiger partial charge in [-0.15, -0.1) is 0 Å². The summed E-state index contributed by atoms with van der Waals surface area (Å²) in [5, 5.41) is 0. The van der Waals surface area contributed by atoms with Crippen molar-refractivity contribution in [3.63, 3.8) is 0 Å². The van der Waals surface area contributed by atoms with Crippen molar-refractivity contribution >= 4 is 0 Å². The molecule has 72 valence electrons. The van der Waals surface area contributed by atoms with E-state index in [1.54, 1.807) is 0 Å². The molecule has 1 rings (SSSR count). The molecule has 2 heteroatoms. The van der Waals surface area contributed by atoms with Crippen molar-refractivity contribution in [3.8, 4) is 0 Å². The molecular weight excluding hydrogens is 150 g/mol. The van der Waals surface area contributed by atoms with Gasteiger partial charge in [0.15, 0.2) is 0 Å². The van der Waals surface area contributed by atoms with Gasteiger partial charge in [0.2, 0.25) is 0 Å². The fourth-order valence-corrected chi connectivity index (χ4v) is 1.37. The van der Waals surface area contributed by atoms with Gasteiger partial charge in [-0.2, -0.15) is 0 Å². The molecule has 1 aliphatic heterocycles. The largest absolute Gasteiger partial charge is 0.377 e. The van der Waals surface area contributed by atoms with Gasteiger partial charge in [-0.1, -0.05) is 0 Å². The van der Waals surface area contributed by atoms with Gasteiger partial charge in [0.1, 0.15) is 0 Å². The van der Waals surface area contributed by atoms with Gasteiger partial charge in [-0.05, 0) is 40.7 Å². The Morgan fingerprint density at radius 1 is 1.42 bits per heavy atom. The van der Waals surface area contributed by atoms with E-state index in [1.165, 1.54) is 12.8 Å². The third-order valence-electron chi connectivity index (χ3n) is 2.65. The lowest BCUT2D eigenvalue weighted by molar-refractivity contribution is 0.0521. The third kappa shape index (κ3) is 2.76. The van der Waals surface area contributed by atoms with Crippen molar-refractivity contribution in [2.45, 2.75) is 45.3 Å². The monoisotopic (exact) mass is 171 g/mol. The fourth-order valence-electron chi connectivity index (χ4n) is 1.37. The second kappa shape index (κ2) is 3.75. The fraction of sp³-hybridized carbons (Fsp3) is 1.00. The first-order valence-electron chi connectivity index (χ1n) is 4.83. The summed E-state index contributed by atoms with van der Waals surface area (Å²) >= 11 is 0. The van der Waals surface area contributed by atoms with Crippen LogP contribution in [0.3, 0.4) is 0 Å². The Balaban J connectivity index is 2.30. The van der Waals surface area contributed by atoms with Crippen molar-refractivity contribution in [2.24, 2.45) is 0 Å². The van der Waals surface area contributed by atoms with Crippen LogP contribution in [0.15, 0.2) is 0 Å². The maximum Gasteiger partial charge on any atom is 0.0702 e. The molecule has 1 atom stereocenters. The first-order valence-corrected chi connectivity index (χ1v) is 4.83. The van der Waals surface area contributed by atoms with Crippen LogP contribution in [0.25, 0.3) is 0 Å². The standard InChI is InChI=1S/C10H21NO/c1-10(2,3)11(4)8-9-6-5-7-12-9/h9H,5-8H2,1-4H3. The average molecular weight is 171 g/mol. The highest BCUT2D eigenvalue weighted by molar-refractivity contribution is 4.77. The van der Waals surface area contributed by atoms with Gasteiger partial charge in [0.05, 0.1) is 6.10 Å². The zero-order valence-electron chi connectivity index (χ0n) is 8.76. The maximum absolute atomic E-state index is 5.58. The van der Waals surface area contributed by atoms with E-state index in [-0.39, 0.29) is 5.54 Å². The molecule has 0 aromatic heterocycles. The minimum Gasteiger partial charge on any atom is -0.377 e. The van der Waals surface area contributed by atoms with Crippen molar-refractivity contribution in [1.29, 1.82) is 0 Å². The van der Waals surface area contributed by atoms with Gasteiger partial charge in [-0.25, -0.2) is 0 Å². The molecule has 0 bridgehead atoms. The summed E-state index contributed by atoms with van der Waals surface area (Å²) in [5.41, 5.74) is 0.270. The van der Waals surface area contributed by atoms with E-state index in [9.17, 15) is 0 Å². The molecule has 0 aromatic rings. The van der Waals surface area contributed by atoms with Crippen LogP contribution >= 0.6 is 0 Å². The average Bonchev–Trinajstić information content (AvgIpc) is 2.37. The van der Waals surface area contributed by atoms with Gasteiger partial charge in [0.25, 0.3) is 0 Å². The molecule has 1 saturated heterocycles. The van der Waals surface area contributed by atoms with Gasteiger partial charge in [-0.3, -0.25) is 4.90 Å². The minimum atomic E-state index is 0.270. The molecule has 1 aliphatic rings. The predicted molar refractivity (Wildman–Crippen MR) is 51.4 cm³/mol. The normalized spacial score (nSPS) is 25.2. The van der Waals surface area contributed by atoms with Crippen LogP contribution in [0.1, 0.15) is 33.6 Å². The minimum absolute atomic E-state index is 0.270. The van der Waals surface area contributed by atoms with E-state index in [1.807, 2.05) is 0 Å². The Morgan fingerprint density at radius 3 is 2.50 bits per heavy atom. The Bertz CT molecular complexity index is 133. The summed E-state index contributed by atoms with van der Waals surface area (Å²) in [5.74, 6) is 0. The molecule has 0 aliphatic carbocycles. The van der Waals surface area contributed by atoms with Crippen LogP contribution in [-0.2, 0) is 4.74 Å². The topological polar surface area (TPSA) is 12.5 Å². The Hall–Kier alpha value is -0.0800. The molecule has 2 nitrogen and oxygen atoms in total. The summed E-state index contributed by atoms with van der Waals surface area (Å²) < 4.78 is 5.58. The van der Waals surface area contributed by atoms with E-state index in [4.69, 9.17) is 4.74 Å². The SMILES string of the molecule is CN(CC1CCCO1)C(C)(C)C. The second-order valence-corrected chi connectivity index (χ2v) is 4.69. The number of hydrogen-bond acceptors (Lipinski definition) is 2. The number of rotatable bonds is 2. The first kappa shape index (κ1) is 10.0. The Labute approximate surface area is 75.9 Å². The smallest absolute Gasteiger partial charge is 0.0702 e. The number of nitrogens with zero attached hydrogens (tertiary/aromatic N) is 1. The van der Waals surface area contributed by atoms with Crippen LogP contribution in [-0.4, -0.2) is 36.7 Å². The van der Waals surface area contributed by atoms with Gasteiger partial charge < -0.3 is 4.74 Å². The van der Waals surface area contributed by atoms with Crippen LogP contribution in [0, 0.1) is 0 Å². The van der Waals surface area contributed by atoms with Gasteiger partial charge in [0, 0.05) is 18.7 Å². The Kier molecular flexibility index (Phi) is 3.13. The quantitative estimate of drug-likeness (QED) is 0.629. The lowest BCUT2D eigenvalue weighted by Gasteiger charge is -2.33. The number of ether oxygens (including phenoxy) is 1. The van der Waals surface area contributed by atoms with Crippen molar-refractivity contribution in [3.05, 3.63) is 0 Å². The highest BCUT2D eigenvalue weighted by Gasteiger charge is 2.23. The molecule has 0 radical (unpaired) electrons. The zero-order chi connectivity index (χ0) is 9.19. The number of likely N-dealkylation sites (N-methyl/N-ethyl adjacent to an activating group) is 1. The summed E-state index contributed by atoms with van der Waals surface area (Å²) in [6.07, 6.45) is 2.96. The highest BCUT2D eigenvalue weighted by atomic mass is 16.5. The van der Waals surface area contributed by atoms with Crippen molar-refractivity contribution in [1.82, 2.24) is 4.90 Å².